The van der Waals surface area contributed by atoms with Gasteiger partial charge in [-0.2, -0.15) is 4.98 Å². The van der Waals surface area contributed by atoms with Gasteiger partial charge in [-0.25, -0.2) is 4.98 Å². The van der Waals surface area contributed by atoms with Gasteiger partial charge in [-0.3, -0.25) is 0 Å². The molecule has 4 rings (SSSR count). The summed E-state index contributed by atoms with van der Waals surface area (Å²) in [6.45, 7) is 8.69. The predicted octanol–water partition coefficient (Wildman–Crippen LogP) is 5.38. The number of nitrogens with zero attached hydrogens (tertiary/aromatic N) is 3. The summed E-state index contributed by atoms with van der Waals surface area (Å²) < 4.78 is 0. The van der Waals surface area contributed by atoms with Gasteiger partial charge in [-0.05, 0) is 87.7 Å². The van der Waals surface area contributed by atoms with Crippen LogP contribution in [0.1, 0.15) is 47.9 Å². The standard InChI is InChI=1S/C27H37N5/c1-18-14-19(2)24(20(3)15-18)17-28-16-21-10-12-22(13-11-21)29-27-30-25-9-7-6-8-23(25)26(31-27)32(4)5/h6-9,14-15,21-22,28H,10-13,16-17H2,1-5H3,(H,29,30,31)/t21-,22+. The summed E-state index contributed by atoms with van der Waals surface area (Å²) in [5.41, 5.74) is 6.60. The fraction of sp³-hybridized carbons (Fsp3) is 0.481. The minimum Gasteiger partial charge on any atom is -0.362 e. The molecule has 170 valence electrons. The number of aromatic nitrogens is 2. The summed E-state index contributed by atoms with van der Waals surface area (Å²) in [4.78, 5) is 11.7. The van der Waals surface area contributed by atoms with E-state index in [9.17, 15) is 0 Å². The molecule has 1 aromatic heterocycles. The molecule has 0 bridgehead atoms. The lowest BCUT2D eigenvalue weighted by atomic mass is 9.86. The van der Waals surface area contributed by atoms with Crippen LogP contribution in [0.25, 0.3) is 10.9 Å². The molecule has 0 unspecified atom stereocenters. The molecular weight excluding hydrogens is 394 g/mol. The highest BCUT2D eigenvalue weighted by atomic mass is 15.2. The van der Waals surface area contributed by atoms with E-state index in [-0.39, 0.29) is 0 Å². The number of rotatable bonds is 7. The van der Waals surface area contributed by atoms with E-state index < -0.39 is 0 Å². The number of fused-ring (bicyclic) bond motifs is 1. The van der Waals surface area contributed by atoms with Crippen LogP contribution in [0.3, 0.4) is 0 Å². The van der Waals surface area contributed by atoms with Crippen LogP contribution in [0.15, 0.2) is 36.4 Å². The van der Waals surface area contributed by atoms with Crippen LogP contribution < -0.4 is 15.5 Å². The summed E-state index contributed by atoms with van der Waals surface area (Å²) in [6.07, 6.45) is 4.82. The quantitative estimate of drug-likeness (QED) is 0.526. The number of hydrogen-bond acceptors (Lipinski definition) is 5. The zero-order valence-electron chi connectivity index (χ0n) is 20.2. The highest BCUT2D eigenvalue weighted by Crippen LogP contribution is 2.28. The van der Waals surface area contributed by atoms with Crippen LogP contribution in [0.4, 0.5) is 11.8 Å². The second-order valence-corrected chi connectivity index (χ2v) is 9.65. The molecule has 0 atom stereocenters. The van der Waals surface area contributed by atoms with Gasteiger partial charge in [0.15, 0.2) is 0 Å². The molecule has 5 heteroatoms. The number of anilines is 2. The van der Waals surface area contributed by atoms with E-state index in [1.54, 1.807) is 0 Å². The van der Waals surface area contributed by atoms with Crippen LogP contribution in [0.5, 0.6) is 0 Å². The number of benzene rings is 2. The van der Waals surface area contributed by atoms with Gasteiger partial charge >= 0.3 is 0 Å². The Kier molecular flexibility index (Phi) is 6.95. The third-order valence-corrected chi connectivity index (χ3v) is 6.76. The van der Waals surface area contributed by atoms with Crippen molar-refractivity contribution in [3.63, 3.8) is 0 Å². The molecule has 0 radical (unpaired) electrons. The van der Waals surface area contributed by atoms with Crippen molar-refractivity contribution in [1.29, 1.82) is 0 Å². The maximum atomic E-state index is 4.81. The molecule has 1 fully saturated rings. The molecule has 1 saturated carbocycles. The minimum absolute atomic E-state index is 0.448. The van der Waals surface area contributed by atoms with Gasteiger partial charge < -0.3 is 15.5 Å². The van der Waals surface area contributed by atoms with Crippen LogP contribution in [-0.4, -0.2) is 36.6 Å². The second kappa shape index (κ2) is 9.86. The molecule has 0 amide bonds. The van der Waals surface area contributed by atoms with Gasteiger partial charge in [0, 0.05) is 32.1 Å². The van der Waals surface area contributed by atoms with Crippen LogP contribution in [0, 0.1) is 26.7 Å². The summed E-state index contributed by atoms with van der Waals surface area (Å²) in [6, 6.07) is 13.3. The van der Waals surface area contributed by atoms with Crippen molar-refractivity contribution in [2.75, 3.05) is 30.9 Å². The molecule has 32 heavy (non-hydrogen) atoms. The van der Waals surface area contributed by atoms with E-state index in [1.807, 2.05) is 26.2 Å². The third kappa shape index (κ3) is 5.21. The molecule has 5 nitrogen and oxygen atoms in total. The average Bonchev–Trinajstić information content (AvgIpc) is 2.76. The smallest absolute Gasteiger partial charge is 0.225 e. The van der Waals surface area contributed by atoms with Gasteiger partial charge in [-0.15, -0.1) is 0 Å². The summed E-state index contributed by atoms with van der Waals surface area (Å²) >= 11 is 0. The van der Waals surface area contributed by atoms with Gasteiger partial charge in [0.25, 0.3) is 0 Å². The largest absolute Gasteiger partial charge is 0.362 e. The molecule has 0 aliphatic heterocycles. The topological polar surface area (TPSA) is 53.1 Å². The third-order valence-electron chi connectivity index (χ3n) is 6.76. The van der Waals surface area contributed by atoms with Crippen LogP contribution in [0.2, 0.25) is 0 Å². The highest BCUT2D eigenvalue weighted by Gasteiger charge is 2.22. The molecule has 0 spiro atoms. The molecule has 2 aromatic carbocycles. The minimum atomic E-state index is 0.448. The Bertz CT molecular complexity index is 1040. The first-order valence-corrected chi connectivity index (χ1v) is 11.9. The molecule has 0 saturated heterocycles. The zero-order valence-corrected chi connectivity index (χ0v) is 20.2. The molecule has 1 aliphatic carbocycles. The Morgan fingerprint density at radius 1 is 0.938 bits per heavy atom. The first kappa shape index (κ1) is 22.5. The Morgan fingerprint density at radius 3 is 2.31 bits per heavy atom. The van der Waals surface area contributed by atoms with Crippen molar-refractivity contribution >= 4 is 22.7 Å². The first-order chi connectivity index (χ1) is 15.4. The molecule has 1 heterocycles. The number of para-hydroxylation sites is 1. The van der Waals surface area contributed by atoms with Crippen molar-refractivity contribution in [1.82, 2.24) is 15.3 Å². The SMILES string of the molecule is Cc1cc(C)c(CNC[C@H]2CC[C@@H](Nc3nc(N(C)C)c4ccccc4n3)CC2)c(C)c1. The maximum absolute atomic E-state index is 4.81. The fourth-order valence-corrected chi connectivity index (χ4v) is 5.05. The Balaban J connectivity index is 1.30. The molecule has 3 aromatic rings. The van der Waals surface area contributed by atoms with Gasteiger partial charge in [0.2, 0.25) is 5.95 Å². The fourth-order valence-electron chi connectivity index (χ4n) is 5.05. The lowest BCUT2D eigenvalue weighted by Gasteiger charge is -2.29. The average molecular weight is 432 g/mol. The van der Waals surface area contributed by atoms with Gasteiger partial charge in [0.1, 0.15) is 5.82 Å². The van der Waals surface area contributed by atoms with E-state index in [0.717, 1.165) is 41.7 Å². The Hall–Kier alpha value is -2.66. The van der Waals surface area contributed by atoms with Gasteiger partial charge in [-0.1, -0.05) is 29.8 Å². The molecule has 2 N–H and O–H groups in total. The van der Waals surface area contributed by atoms with E-state index >= 15 is 0 Å². The van der Waals surface area contributed by atoms with E-state index in [2.05, 4.69) is 60.6 Å². The van der Waals surface area contributed by atoms with Crippen molar-refractivity contribution in [2.24, 2.45) is 5.92 Å². The van der Waals surface area contributed by atoms with Crippen LogP contribution in [-0.2, 0) is 6.54 Å². The Morgan fingerprint density at radius 2 is 1.62 bits per heavy atom. The summed E-state index contributed by atoms with van der Waals surface area (Å²) in [5, 5.41) is 8.44. The van der Waals surface area contributed by atoms with Crippen molar-refractivity contribution in [3.8, 4) is 0 Å². The Labute approximate surface area is 192 Å². The van der Waals surface area contributed by atoms with E-state index in [1.165, 1.54) is 47.9 Å². The molecule has 1 aliphatic rings. The number of nitrogens with one attached hydrogen (secondary N) is 2. The lowest BCUT2D eigenvalue weighted by molar-refractivity contribution is 0.323. The number of hydrogen-bond donors (Lipinski definition) is 2. The van der Waals surface area contributed by atoms with Crippen molar-refractivity contribution < 1.29 is 0 Å². The van der Waals surface area contributed by atoms with E-state index in [0.29, 0.717) is 6.04 Å². The summed E-state index contributed by atoms with van der Waals surface area (Å²) in [7, 11) is 4.08. The van der Waals surface area contributed by atoms with Gasteiger partial charge in [0.05, 0.1) is 5.52 Å². The van der Waals surface area contributed by atoms with Crippen molar-refractivity contribution in [2.45, 2.75) is 59.0 Å². The van der Waals surface area contributed by atoms with E-state index in [4.69, 9.17) is 9.97 Å². The lowest BCUT2D eigenvalue weighted by Crippen LogP contribution is -2.32. The zero-order chi connectivity index (χ0) is 22.7. The van der Waals surface area contributed by atoms with Crippen LogP contribution >= 0.6 is 0 Å². The second-order valence-electron chi connectivity index (χ2n) is 9.65. The van der Waals surface area contributed by atoms with Crippen molar-refractivity contribution in [3.05, 3.63) is 58.7 Å². The first-order valence-electron chi connectivity index (χ1n) is 11.9. The predicted molar refractivity (Wildman–Crippen MR) is 136 cm³/mol. The maximum Gasteiger partial charge on any atom is 0.225 e. The monoisotopic (exact) mass is 431 g/mol. The molecular formula is C27H37N5. The highest BCUT2D eigenvalue weighted by molar-refractivity contribution is 5.90. The summed E-state index contributed by atoms with van der Waals surface area (Å²) in [5.74, 6) is 2.46. The normalized spacial score (nSPS) is 18.7. The number of aryl methyl sites for hydroxylation is 3.